The van der Waals surface area contributed by atoms with Crippen LogP contribution in [-0.2, 0) is 0 Å². The second kappa shape index (κ2) is 5.82. The maximum Gasteiger partial charge on any atom is 0.116 e. The lowest BCUT2D eigenvalue weighted by Crippen LogP contribution is -1.91. The fourth-order valence-electron chi connectivity index (χ4n) is 3.10. The third kappa shape index (κ3) is 2.52. The van der Waals surface area contributed by atoms with Crippen LogP contribution in [0.15, 0.2) is 79.0 Å². The van der Waals surface area contributed by atoms with Crippen LogP contribution in [0.3, 0.4) is 0 Å². The smallest absolute Gasteiger partial charge is 0.116 e. The summed E-state index contributed by atoms with van der Waals surface area (Å²) in [5.74, 6) is 0.274. The van der Waals surface area contributed by atoms with E-state index in [0.29, 0.717) is 0 Å². The van der Waals surface area contributed by atoms with Crippen molar-refractivity contribution in [3.8, 4) is 28.1 Å². The van der Waals surface area contributed by atoms with Gasteiger partial charge in [0.1, 0.15) is 5.75 Å². The van der Waals surface area contributed by atoms with Gasteiger partial charge in [-0.1, -0.05) is 36.4 Å². The molecule has 1 heterocycles. The van der Waals surface area contributed by atoms with Crippen molar-refractivity contribution in [1.82, 2.24) is 4.98 Å². The molecule has 4 aromatic rings. The van der Waals surface area contributed by atoms with Crippen LogP contribution >= 0.6 is 0 Å². The van der Waals surface area contributed by atoms with Crippen molar-refractivity contribution in [2.24, 2.45) is 0 Å². The minimum Gasteiger partial charge on any atom is -0.508 e. The summed E-state index contributed by atoms with van der Waals surface area (Å²) >= 11 is 0. The normalized spacial score (nSPS) is 10.9. The molecule has 1 aromatic heterocycles. The number of hydrogen-bond acceptors (Lipinski definition) is 2. The summed E-state index contributed by atoms with van der Waals surface area (Å²) in [6, 6.07) is 24.1. The standard InChI is InChI=1S/C22H17NO/c1-15-9-10-18(24)14-19(15)20-12-16-6-2-3-7-17(16)13-21(20)22-8-4-5-11-23-22/h2-14,24H,1H3. The van der Waals surface area contributed by atoms with E-state index in [9.17, 15) is 5.11 Å². The Hall–Kier alpha value is -3.13. The van der Waals surface area contributed by atoms with Crippen molar-refractivity contribution >= 4 is 10.8 Å². The average molecular weight is 311 g/mol. The van der Waals surface area contributed by atoms with Crippen LogP contribution < -0.4 is 0 Å². The van der Waals surface area contributed by atoms with Crippen molar-refractivity contribution in [2.75, 3.05) is 0 Å². The minimum absolute atomic E-state index is 0.274. The van der Waals surface area contributed by atoms with Gasteiger partial charge in [0.2, 0.25) is 0 Å². The highest BCUT2D eigenvalue weighted by Crippen LogP contribution is 2.37. The fraction of sp³-hybridized carbons (Fsp3) is 0.0455. The summed E-state index contributed by atoms with van der Waals surface area (Å²) in [5.41, 5.74) is 5.24. The van der Waals surface area contributed by atoms with Gasteiger partial charge in [-0.15, -0.1) is 0 Å². The molecule has 1 N–H and O–H groups in total. The first-order valence-corrected chi connectivity index (χ1v) is 7.96. The summed E-state index contributed by atoms with van der Waals surface area (Å²) in [4.78, 5) is 4.53. The maximum atomic E-state index is 9.96. The molecule has 0 saturated heterocycles. The lowest BCUT2D eigenvalue weighted by atomic mass is 9.91. The van der Waals surface area contributed by atoms with Gasteiger partial charge >= 0.3 is 0 Å². The first kappa shape index (κ1) is 14.5. The summed E-state index contributed by atoms with van der Waals surface area (Å²) in [7, 11) is 0. The van der Waals surface area contributed by atoms with Crippen LogP contribution in [-0.4, -0.2) is 10.1 Å². The van der Waals surface area contributed by atoms with Crippen molar-refractivity contribution in [1.29, 1.82) is 0 Å². The Labute approximate surface area is 141 Å². The number of fused-ring (bicyclic) bond motifs is 1. The van der Waals surface area contributed by atoms with Crippen molar-refractivity contribution in [3.63, 3.8) is 0 Å². The van der Waals surface area contributed by atoms with Gasteiger partial charge in [0.05, 0.1) is 5.69 Å². The molecule has 0 fully saturated rings. The molecule has 3 aromatic carbocycles. The van der Waals surface area contributed by atoms with Gasteiger partial charge in [-0.05, 0) is 70.8 Å². The topological polar surface area (TPSA) is 33.1 Å². The Bertz CT molecular complexity index is 1020. The number of nitrogens with zero attached hydrogens (tertiary/aromatic N) is 1. The van der Waals surface area contributed by atoms with Gasteiger partial charge in [0, 0.05) is 11.8 Å². The van der Waals surface area contributed by atoms with E-state index in [-0.39, 0.29) is 5.75 Å². The molecule has 0 bridgehead atoms. The number of aromatic nitrogens is 1. The number of hydrogen-bond donors (Lipinski definition) is 1. The van der Waals surface area contributed by atoms with Crippen molar-refractivity contribution < 1.29 is 5.11 Å². The van der Waals surface area contributed by atoms with Gasteiger partial charge in [-0.3, -0.25) is 4.98 Å². The molecule has 0 aliphatic rings. The first-order valence-electron chi connectivity index (χ1n) is 7.96. The molecule has 0 radical (unpaired) electrons. The third-order valence-electron chi connectivity index (χ3n) is 4.34. The molecule has 2 heteroatoms. The van der Waals surface area contributed by atoms with E-state index >= 15 is 0 Å². The van der Waals surface area contributed by atoms with E-state index in [1.54, 1.807) is 6.07 Å². The summed E-state index contributed by atoms with van der Waals surface area (Å²) in [6.45, 7) is 2.06. The summed E-state index contributed by atoms with van der Waals surface area (Å²) in [5, 5.41) is 12.3. The van der Waals surface area contributed by atoms with Crippen LogP contribution in [0.5, 0.6) is 5.75 Å². The quantitative estimate of drug-likeness (QED) is 0.524. The second-order valence-corrected chi connectivity index (χ2v) is 5.96. The van der Waals surface area contributed by atoms with E-state index < -0.39 is 0 Å². The molecule has 0 saturated carbocycles. The fourth-order valence-corrected chi connectivity index (χ4v) is 3.10. The molecule has 4 rings (SSSR count). The summed E-state index contributed by atoms with van der Waals surface area (Å²) < 4.78 is 0. The molecule has 0 amide bonds. The zero-order valence-electron chi connectivity index (χ0n) is 13.4. The van der Waals surface area contributed by atoms with E-state index in [1.807, 2.05) is 48.7 Å². The highest BCUT2D eigenvalue weighted by Gasteiger charge is 2.12. The molecule has 2 nitrogen and oxygen atoms in total. The Kier molecular flexibility index (Phi) is 3.51. The summed E-state index contributed by atoms with van der Waals surface area (Å²) in [6.07, 6.45) is 1.81. The Morgan fingerprint density at radius 1 is 0.708 bits per heavy atom. The van der Waals surface area contributed by atoms with Crippen molar-refractivity contribution in [2.45, 2.75) is 6.92 Å². The Morgan fingerprint density at radius 2 is 1.42 bits per heavy atom. The second-order valence-electron chi connectivity index (χ2n) is 5.96. The number of rotatable bonds is 2. The van der Waals surface area contributed by atoms with E-state index in [2.05, 4.69) is 36.2 Å². The molecule has 0 spiro atoms. The highest BCUT2D eigenvalue weighted by atomic mass is 16.3. The van der Waals surface area contributed by atoms with Gasteiger partial charge in [0.15, 0.2) is 0 Å². The van der Waals surface area contributed by atoms with Crippen LogP contribution in [0.1, 0.15) is 5.56 Å². The molecule has 0 atom stereocenters. The predicted molar refractivity (Wildman–Crippen MR) is 99.0 cm³/mol. The van der Waals surface area contributed by atoms with E-state index in [1.165, 1.54) is 10.8 Å². The average Bonchev–Trinajstić information content (AvgIpc) is 2.63. The lowest BCUT2D eigenvalue weighted by molar-refractivity contribution is 0.475. The molecular weight excluding hydrogens is 294 g/mol. The van der Waals surface area contributed by atoms with Crippen LogP contribution in [0, 0.1) is 6.92 Å². The molecule has 0 aliphatic heterocycles. The largest absolute Gasteiger partial charge is 0.508 e. The van der Waals surface area contributed by atoms with Crippen LogP contribution in [0.25, 0.3) is 33.2 Å². The van der Waals surface area contributed by atoms with Gasteiger partial charge in [-0.2, -0.15) is 0 Å². The van der Waals surface area contributed by atoms with Crippen LogP contribution in [0.2, 0.25) is 0 Å². The monoisotopic (exact) mass is 311 g/mol. The molecule has 24 heavy (non-hydrogen) atoms. The van der Waals surface area contributed by atoms with E-state index in [0.717, 1.165) is 27.9 Å². The molecule has 116 valence electrons. The number of aromatic hydroxyl groups is 1. The zero-order chi connectivity index (χ0) is 16.5. The first-order chi connectivity index (χ1) is 11.7. The van der Waals surface area contributed by atoms with Gasteiger partial charge < -0.3 is 5.11 Å². The van der Waals surface area contributed by atoms with Crippen LogP contribution in [0.4, 0.5) is 0 Å². The third-order valence-corrected chi connectivity index (χ3v) is 4.34. The molecule has 0 unspecified atom stereocenters. The van der Waals surface area contributed by atoms with Gasteiger partial charge in [-0.25, -0.2) is 0 Å². The van der Waals surface area contributed by atoms with E-state index in [4.69, 9.17) is 0 Å². The number of phenols is 1. The number of phenolic OH excluding ortho intramolecular Hbond substituents is 1. The zero-order valence-corrected chi connectivity index (χ0v) is 13.4. The number of aryl methyl sites for hydroxylation is 1. The molecular formula is C22H17NO. The Balaban J connectivity index is 2.07. The maximum absolute atomic E-state index is 9.96. The minimum atomic E-state index is 0.274. The highest BCUT2D eigenvalue weighted by molar-refractivity contribution is 5.96. The predicted octanol–water partition coefficient (Wildman–Crippen LogP) is 5.58. The van der Waals surface area contributed by atoms with Gasteiger partial charge in [0.25, 0.3) is 0 Å². The number of pyridine rings is 1. The number of benzene rings is 3. The Morgan fingerprint density at radius 3 is 2.12 bits per heavy atom. The van der Waals surface area contributed by atoms with Crippen molar-refractivity contribution in [3.05, 3.63) is 84.6 Å². The lowest BCUT2D eigenvalue weighted by Gasteiger charge is -2.14. The molecule has 0 aliphatic carbocycles. The SMILES string of the molecule is Cc1ccc(O)cc1-c1cc2ccccc2cc1-c1ccccn1.